The van der Waals surface area contributed by atoms with Gasteiger partial charge in [0, 0.05) is 18.0 Å². The summed E-state index contributed by atoms with van der Waals surface area (Å²) in [6.07, 6.45) is 0. The van der Waals surface area contributed by atoms with Crippen molar-refractivity contribution in [3.63, 3.8) is 0 Å². The van der Waals surface area contributed by atoms with Crippen LogP contribution in [0.2, 0.25) is 5.02 Å². The molecule has 4 unspecified atom stereocenters. The Kier molecular flexibility index (Phi) is 7.49. The highest BCUT2D eigenvalue weighted by Crippen LogP contribution is 2.53. The number of ketones is 1. The van der Waals surface area contributed by atoms with Gasteiger partial charge in [0.2, 0.25) is 15.9 Å². The van der Waals surface area contributed by atoms with Gasteiger partial charge in [0.05, 0.1) is 21.7 Å². The quantitative estimate of drug-likeness (QED) is 0.299. The second-order valence-corrected chi connectivity index (χ2v) is 12.2. The molecule has 2 heterocycles. The zero-order chi connectivity index (χ0) is 26.9. The van der Waals surface area contributed by atoms with Crippen LogP contribution in [0.15, 0.2) is 107 Å². The highest BCUT2D eigenvalue weighted by molar-refractivity contribution is 7.89. The molecule has 1 aliphatic heterocycles. The molecular formula is C29H25ClN2O4S2. The van der Waals surface area contributed by atoms with Gasteiger partial charge >= 0.3 is 0 Å². The van der Waals surface area contributed by atoms with Crippen LogP contribution >= 0.6 is 22.9 Å². The Morgan fingerprint density at radius 2 is 1.47 bits per heavy atom. The summed E-state index contributed by atoms with van der Waals surface area (Å²) < 4.78 is 29.9. The minimum Gasteiger partial charge on any atom is -0.358 e. The van der Waals surface area contributed by atoms with Crippen LogP contribution in [-0.2, 0) is 14.8 Å². The summed E-state index contributed by atoms with van der Waals surface area (Å²) in [7, 11) is -2.75. The summed E-state index contributed by atoms with van der Waals surface area (Å²) in [5.74, 6) is -2.36. The fourth-order valence-electron chi connectivity index (χ4n) is 5.29. The number of likely N-dealkylation sites (N-methyl/N-ethyl adjacent to an activating group) is 1. The number of nitrogens with zero attached hydrogens (tertiary/aromatic N) is 1. The lowest BCUT2D eigenvalue weighted by atomic mass is 9.77. The maximum atomic E-state index is 14.4. The second-order valence-electron chi connectivity index (χ2n) is 9.01. The second kappa shape index (κ2) is 10.8. The lowest BCUT2D eigenvalue weighted by Crippen LogP contribution is -2.47. The van der Waals surface area contributed by atoms with Gasteiger partial charge in [0.1, 0.15) is 6.04 Å². The molecule has 1 aromatic heterocycles. The van der Waals surface area contributed by atoms with Gasteiger partial charge in [-0.15, -0.1) is 11.3 Å². The number of benzene rings is 3. The van der Waals surface area contributed by atoms with E-state index < -0.39 is 39.8 Å². The number of carbonyl (C=O) groups is 2. The van der Waals surface area contributed by atoms with Crippen molar-refractivity contribution in [1.82, 2.24) is 9.62 Å². The summed E-state index contributed by atoms with van der Waals surface area (Å²) in [5, 5.41) is 4.97. The predicted octanol–water partition coefficient (Wildman–Crippen LogP) is 5.54. The SMILES string of the molecule is CNC(=O)C1C(c2ccc(Cl)cc2)C(C(=O)c2cccs2)C(c2ccccc2)N1S(=O)(=O)c1ccccc1. The van der Waals surface area contributed by atoms with E-state index in [9.17, 15) is 18.0 Å². The molecule has 4 aromatic rings. The van der Waals surface area contributed by atoms with Crippen LogP contribution in [-0.4, -0.2) is 37.5 Å². The maximum Gasteiger partial charge on any atom is 0.244 e. The van der Waals surface area contributed by atoms with Crippen LogP contribution in [0.3, 0.4) is 0 Å². The first kappa shape index (κ1) is 26.3. The number of hydrogen-bond donors (Lipinski definition) is 1. The number of amides is 1. The average Bonchev–Trinajstić information content (AvgIpc) is 3.61. The van der Waals surface area contributed by atoms with Gasteiger partial charge < -0.3 is 5.32 Å². The lowest BCUT2D eigenvalue weighted by molar-refractivity contribution is -0.124. The fraction of sp³-hybridized carbons (Fsp3) is 0.172. The first-order valence-electron chi connectivity index (χ1n) is 12.0. The summed E-state index contributed by atoms with van der Waals surface area (Å²) in [4.78, 5) is 28.4. The molecule has 38 heavy (non-hydrogen) atoms. The van der Waals surface area contributed by atoms with Crippen LogP contribution < -0.4 is 5.32 Å². The molecule has 0 bridgehead atoms. The molecule has 1 N–H and O–H groups in total. The zero-order valence-corrected chi connectivity index (χ0v) is 22.8. The minimum absolute atomic E-state index is 0.0499. The van der Waals surface area contributed by atoms with E-state index in [1.165, 1.54) is 34.8 Å². The van der Waals surface area contributed by atoms with Gasteiger partial charge in [-0.1, -0.05) is 78.3 Å². The number of rotatable bonds is 7. The summed E-state index contributed by atoms with van der Waals surface area (Å²) in [5.41, 5.74) is 1.29. The van der Waals surface area contributed by atoms with Crippen LogP contribution in [0, 0.1) is 5.92 Å². The summed E-state index contributed by atoms with van der Waals surface area (Å²) in [6.45, 7) is 0. The Morgan fingerprint density at radius 3 is 2.05 bits per heavy atom. The molecule has 1 amide bonds. The van der Waals surface area contributed by atoms with Crippen LogP contribution in [0.4, 0.5) is 0 Å². The van der Waals surface area contributed by atoms with Gasteiger partial charge in [-0.2, -0.15) is 4.31 Å². The van der Waals surface area contributed by atoms with Crippen molar-refractivity contribution in [2.24, 2.45) is 5.92 Å². The van der Waals surface area contributed by atoms with E-state index in [0.29, 0.717) is 21.0 Å². The van der Waals surface area contributed by atoms with E-state index in [1.54, 1.807) is 78.9 Å². The van der Waals surface area contributed by atoms with Crippen LogP contribution in [0.25, 0.3) is 0 Å². The fourth-order valence-corrected chi connectivity index (χ4v) is 7.95. The van der Waals surface area contributed by atoms with Gasteiger partial charge in [0.15, 0.2) is 5.78 Å². The van der Waals surface area contributed by atoms with Gasteiger partial charge in [0.25, 0.3) is 0 Å². The Labute approximate surface area is 230 Å². The van der Waals surface area contributed by atoms with Gasteiger partial charge in [-0.05, 0) is 46.8 Å². The molecule has 1 aliphatic rings. The number of Topliss-reactive ketones (excluding diaryl/α,β-unsaturated/α-hetero) is 1. The molecule has 0 saturated carbocycles. The van der Waals surface area contributed by atoms with Crippen molar-refractivity contribution in [2.45, 2.75) is 22.9 Å². The lowest BCUT2D eigenvalue weighted by Gasteiger charge is -2.30. The molecular weight excluding hydrogens is 540 g/mol. The molecule has 3 aromatic carbocycles. The van der Waals surface area contributed by atoms with Gasteiger partial charge in [-0.25, -0.2) is 8.42 Å². The number of hydrogen-bond acceptors (Lipinski definition) is 5. The summed E-state index contributed by atoms with van der Waals surface area (Å²) >= 11 is 7.48. The third kappa shape index (κ3) is 4.69. The third-order valence-corrected chi connectivity index (χ3v) is 9.93. The zero-order valence-electron chi connectivity index (χ0n) is 20.4. The standard InChI is InChI=1S/C29H25ClN2O4S2/c1-31-29(34)27-24(19-14-16-21(30)17-15-19)25(28(33)23-13-8-18-37-23)26(20-9-4-2-5-10-20)32(27)38(35,36)22-11-6-3-7-12-22/h2-18,24-27H,1H3,(H,31,34). The van der Waals surface area contributed by atoms with E-state index in [-0.39, 0.29) is 10.7 Å². The first-order valence-corrected chi connectivity index (χ1v) is 14.7. The molecule has 0 radical (unpaired) electrons. The van der Waals surface area contributed by atoms with Crippen LogP contribution in [0.1, 0.15) is 32.8 Å². The Morgan fingerprint density at radius 1 is 0.842 bits per heavy atom. The number of halogens is 1. The van der Waals surface area contributed by atoms with E-state index in [2.05, 4.69) is 5.32 Å². The smallest absolute Gasteiger partial charge is 0.244 e. The van der Waals surface area contributed by atoms with Crippen molar-refractivity contribution in [3.05, 3.63) is 123 Å². The van der Waals surface area contributed by atoms with Gasteiger partial charge in [-0.3, -0.25) is 9.59 Å². The Balaban J connectivity index is 1.82. The van der Waals surface area contributed by atoms with Crippen molar-refractivity contribution < 1.29 is 18.0 Å². The number of sulfonamides is 1. The number of nitrogens with one attached hydrogen (secondary N) is 1. The monoisotopic (exact) mass is 564 g/mol. The van der Waals surface area contributed by atoms with Crippen molar-refractivity contribution in [2.75, 3.05) is 7.05 Å². The van der Waals surface area contributed by atoms with Crippen molar-refractivity contribution in [3.8, 4) is 0 Å². The third-order valence-electron chi connectivity index (χ3n) is 6.91. The van der Waals surface area contributed by atoms with Crippen LogP contribution in [0.5, 0.6) is 0 Å². The molecule has 0 aliphatic carbocycles. The van der Waals surface area contributed by atoms with E-state index in [4.69, 9.17) is 11.6 Å². The number of carbonyl (C=O) groups excluding carboxylic acids is 2. The average molecular weight is 565 g/mol. The first-order chi connectivity index (χ1) is 18.3. The molecule has 0 spiro atoms. The normalized spacial score (nSPS) is 21.7. The largest absolute Gasteiger partial charge is 0.358 e. The maximum absolute atomic E-state index is 14.4. The summed E-state index contributed by atoms with van der Waals surface area (Å²) in [6, 6.07) is 25.4. The highest BCUT2D eigenvalue weighted by Gasteiger charge is 2.59. The predicted molar refractivity (Wildman–Crippen MR) is 149 cm³/mol. The topological polar surface area (TPSA) is 83.6 Å². The van der Waals surface area contributed by atoms with E-state index in [1.807, 2.05) is 11.4 Å². The molecule has 5 rings (SSSR count). The molecule has 4 atom stereocenters. The highest BCUT2D eigenvalue weighted by atomic mass is 35.5. The minimum atomic E-state index is -4.23. The van der Waals surface area contributed by atoms with E-state index in [0.717, 1.165) is 0 Å². The molecule has 1 saturated heterocycles. The van der Waals surface area contributed by atoms with E-state index >= 15 is 0 Å². The Hall–Kier alpha value is -3.30. The Bertz CT molecular complexity index is 1530. The van der Waals surface area contributed by atoms with Crippen molar-refractivity contribution in [1.29, 1.82) is 0 Å². The molecule has 6 nitrogen and oxygen atoms in total. The molecule has 1 fully saturated rings. The molecule has 9 heteroatoms. The van der Waals surface area contributed by atoms with Crippen molar-refractivity contribution >= 4 is 44.7 Å². The number of thiophene rings is 1. The molecule has 194 valence electrons.